The Balaban J connectivity index is 1.73. The van der Waals surface area contributed by atoms with Gasteiger partial charge in [-0.2, -0.15) is 0 Å². The number of anilines is 3. The lowest BCUT2D eigenvalue weighted by Gasteiger charge is -2.17. The molecule has 0 radical (unpaired) electrons. The van der Waals surface area contributed by atoms with E-state index in [2.05, 4.69) is 31.1 Å². The molecule has 3 aromatic rings. The topological polar surface area (TPSA) is 127 Å². The van der Waals surface area contributed by atoms with Crippen LogP contribution < -0.4 is 20.9 Å². The summed E-state index contributed by atoms with van der Waals surface area (Å²) in [6.07, 6.45) is 2.30. The van der Waals surface area contributed by atoms with Crippen molar-refractivity contribution in [3.8, 4) is 17.1 Å². The first-order chi connectivity index (χ1) is 17.6. The standard InChI is InChI=1S/C23H20F4N6O4/c1-3-37-33-21(34)14-10-28-18(32-22(35)15-7-23(15,26)27)6-16(14)31-17-5-11(24)4-13(19(17)36-2)20-29-8-12(25)9-30-20/h4-6,8-10,15H,3,7H2,1-2H3,(H,33,34)(H2,28,31,32,35). The molecule has 1 saturated carbocycles. The summed E-state index contributed by atoms with van der Waals surface area (Å²) >= 11 is 0. The number of hydroxylamine groups is 1. The molecule has 1 fully saturated rings. The minimum Gasteiger partial charge on any atom is -0.494 e. The fraction of sp³-hybridized carbons (Fsp3) is 0.261. The third kappa shape index (κ3) is 5.74. The number of nitrogens with one attached hydrogen (secondary N) is 3. The van der Waals surface area contributed by atoms with Crippen molar-refractivity contribution in [2.45, 2.75) is 19.3 Å². The maximum atomic E-state index is 14.6. The molecule has 14 heteroatoms. The third-order valence-corrected chi connectivity index (χ3v) is 5.24. The van der Waals surface area contributed by atoms with Crippen molar-refractivity contribution < 1.29 is 36.7 Å². The fourth-order valence-corrected chi connectivity index (χ4v) is 3.38. The number of pyridine rings is 1. The average Bonchev–Trinajstić information content (AvgIpc) is 3.51. The first-order valence-electron chi connectivity index (χ1n) is 10.9. The largest absolute Gasteiger partial charge is 0.494 e. The van der Waals surface area contributed by atoms with Crippen molar-refractivity contribution >= 4 is 29.0 Å². The summed E-state index contributed by atoms with van der Waals surface area (Å²) in [5, 5.41) is 5.12. The fourth-order valence-electron chi connectivity index (χ4n) is 3.38. The Bertz CT molecular complexity index is 1340. The van der Waals surface area contributed by atoms with E-state index in [1.165, 1.54) is 13.2 Å². The molecule has 4 rings (SSSR count). The number of rotatable bonds is 9. The molecular weight excluding hydrogens is 500 g/mol. The molecule has 37 heavy (non-hydrogen) atoms. The second-order valence-electron chi connectivity index (χ2n) is 7.87. The number of carbonyl (C=O) groups excluding carboxylic acids is 2. The normalized spacial score (nSPS) is 15.6. The number of amides is 2. The monoisotopic (exact) mass is 520 g/mol. The van der Waals surface area contributed by atoms with Crippen LogP contribution in [0.15, 0.2) is 36.8 Å². The number of benzene rings is 1. The van der Waals surface area contributed by atoms with Crippen LogP contribution in [0.2, 0.25) is 0 Å². The van der Waals surface area contributed by atoms with E-state index < -0.39 is 41.7 Å². The summed E-state index contributed by atoms with van der Waals surface area (Å²) in [5.41, 5.74) is 2.18. The third-order valence-electron chi connectivity index (χ3n) is 5.24. The van der Waals surface area contributed by atoms with E-state index in [0.717, 1.165) is 30.7 Å². The molecule has 0 aliphatic heterocycles. The van der Waals surface area contributed by atoms with Crippen LogP contribution in [0, 0.1) is 17.6 Å². The van der Waals surface area contributed by atoms with Crippen molar-refractivity contribution in [2.24, 2.45) is 5.92 Å². The number of ether oxygens (including phenoxy) is 1. The van der Waals surface area contributed by atoms with Crippen LogP contribution in [-0.2, 0) is 9.63 Å². The highest BCUT2D eigenvalue weighted by molar-refractivity contribution is 6.01. The Hall–Kier alpha value is -4.33. The van der Waals surface area contributed by atoms with Gasteiger partial charge in [0, 0.05) is 24.8 Å². The molecule has 1 aliphatic carbocycles. The maximum absolute atomic E-state index is 14.6. The van der Waals surface area contributed by atoms with Gasteiger partial charge in [0.15, 0.2) is 17.4 Å². The lowest BCUT2D eigenvalue weighted by Crippen LogP contribution is -2.25. The summed E-state index contributed by atoms with van der Waals surface area (Å²) in [6, 6.07) is 3.34. The maximum Gasteiger partial charge on any atom is 0.278 e. The van der Waals surface area contributed by atoms with Crippen LogP contribution in [0.5, 0.6) is 5.75 Å². The number of methoxy groups -OCH3 is 1. The second-order valence-corrected chi connectivity index (χ2v) is 7.87. The molecule has 194 valence electrons. The lowest BCUT2D eigenvalue weighted by atomic mass is 10.1. The Morgan fingerprint density at radius 1 is 1.05 bits per heavy atom. The average molecular weight is 520 g/mol. The van der Waals surface area contributed by atoms with Crippen molar-refractivity contribution in [2.75, 3.05) is 24.4 Å². The van der Waals surface area contributed by atoms with E-state index >= 15 is 0 Å². The van der Waals surface area contributed by atoms with Crippen molar-refractivity contribution in [3.05, 3.63) is 54.0 Å². The summed E-state index contributed by atoms with van der Waals surface area (Å²) in [6.45, 7) is 1.80. The van der Waals surface area contributed by atoms with Crippen molar-refractivity contribution in [3.63, 3.8) is 0 Å². The van der Waals surface area contributed by atoms with Crippen LogP contribution in [0.25, 0.3) is 11.4 Å². The smallest absolute Gasteiger partial charge is 0.278 e. The number of alkyl halides is 2. The highest BCUT2D eigenvalue weighted by Gasteiger charge is 2.61. The predicted octanol–water partition coefficient (Wildman–Crippen LogP) is 3.84. The van der Waals surface area contributed by atoms with E-state index in [1.54, 1.807) is 6.92 Å². The van der Waals surface area contributed by atoms with E-state index in [4.69, 9.17) is 9.57 Å². The highest BCUT2D eigenvalue weighted by Crippen LogP contribution is 2.49. The minimum absolute atomic E-state index is 0.0000605. The Kier molecular flexibility index (Phi) is 7.20. The van der Waals surface area contributed by atoms with Gasteiger partial charge in [-0.15, -0.1) is 0 Å². The molecule has 1 unspecified atom stereocenters. The van der Waals surface area contributed by atoms with Gasteiger partial charge in [-0.1, -0.05) is 0 Å². The molecule has 2 aromatic heterocycles. The number of aromatic nitrogens is 3. The zero-order valence-electron chi connectivity index (χ0n) is 19.4. The molecule has 2 amide bonds. The van der Waals surface area contributed by atoms with Gasteiger partial charge in [-0.3, -0.25) is 14.4 Å². The Labute approximate surface area is 207 Å². The van der Waals surface area contributed by atoms with Gasteiger partial charge in [0.2, 0.25) is 5.91 Å². The molecule has 1 atom stereocenters. The van der Waals surface area contributed by atoms with Crippen LogP contribution >= 0.6 is 0 Å². The van der Waals surface area contributed by atoms with Gasteiger partial charge in [0.05, 0.1) is 48.6 Å². The number of hydrogen-bond donors (Lipinski definition) is 3. The SMILES string of the molecule is CCONC(=O)c1cnc(NC(=O)C2CC2(F)F)cc1Nc1cc(F)cc(-c2ncc(F)cn2)c1OC. The van der Waals surface area contributed by atoms with Crippen molar-refractivity contribution in [1.29, 1.82) is 0 Å². The molecule has 2 heterocycles. The quantitative estimate of drug-likeness (QED) is 0.287. The van der Waals surface area contributed by atoms with E-state index in [0.29, 0.717) is 0 Å². The lowest BCUT2D eigenvalue weighted by molar-refractivity contribution is -0.119. The van der Waals surface area contributed by atoms with E-state index in [1.807, 2.05) is 0 Å². The van der Waals surface area contributed by atoms with Gasteiger partial charge in [0.25, 0.3) is 11.8 Å². The molecule has 10 nitrogen and oxygen atoms in total. The molecule has 0 bridgehead atoms. The number of carbonyl (C=O) groups is 2. The van der Waals surface area contributed by atoms with Crippen molar-refractivity contribution in [1.82, 2.24) is 20.4 Å². The molecule has 1 aliphatic rings. The summed E-state index contributed by atoms with van der Waals surface area (Å²) in [4.78, 5) is 41.3. The molecule has 0 spiro atoms. The first-order valence-corrected chi connectivity index (χ1v) is 10.9. The van der Waals surface area contributed by atoms with Crippen LogP contribution in [0.1, 0.15) is 23.7 Å². The van der Waals surface area contributed by atoms with Gasteiger partial charge >= 0.3 is 0 Å². The van der Waals surface area contributed by atoms with Crippen LogP contribution in [0.3, 0.4) is 0 Å². The number of halogens is 4. The summed E-state index contributed by atoms with van der Waals surface area (Å²) in [5.74, 6) is -7.81. The first kappa shape index (κ1) is 25.8. The molecule has 3 N–H and O–H groups in total. The van der Waals surface area contributed by atoms with Crippen LogP contribution in [0.4, 0.5) is 34.8 Å². The summed E-state index contributed by atoms with van der Waals surface area (Å²) in [7, 11) is 1.29. The molecular formula is C23H20F4N6O4. The zero-order valence-corrected chi connectivity index (χ0v) is 19.4. The highest BCUT2D eigenvalue weighted by atomic mass is 19.3. The van der Waals surface area contributed by atoms with Gasteiger partial charge in [-0.25, -0.2) is 38.0 Å². The van der Waals surface area contributed by atoms with Crippen LogP contribution in [-0.4, -0.2) is 46.4 Å². The second kappa shape index (κ2) is 10.3. The van der Waals surface area contributed by atoms with Gasteiger partial charge in [0.1, 0.15) is 17.6 Å². The van der Waals surface area contributed by atoms with E-state index in [9.17, 15) is 27.2 Å². The minimum atomic E-state index is -3.09. The molecule has 1 aromatic carbocycles. The van der Waals surface area contributed by atoms with Gasteiger partial charge in [-0.05, 0) is 13.0 Å². The predicted molar refractivity (Wildman–Crippen MR) is 122 cm³/mol. The summed E-state index contributed by atoms with van der Waals surface area (Å²) < 4.78 is 59.9. The zero-order chi connectivity index (χ0) is 26.7. The Morgan fingerprint density at radius 2 is 1.76 bits per heavy atom. The number of nitrogens with zero attached hydrogens (tertiary/aromatic N) is 3. The van der Waals surface area contributed by atoms with E-state index in [-0.39, 0.29) is 46.5 Å². The molecule has 0 saturated heterocycles. The van der Waals surface area contributed by atoms with Gasteiger partial charge < -0.3 is 15.4 Å². The number of hydrogen-bond acceptors (Lipinski definition) is 8. The Morgan fingerprint density at radius 3 is 2.38 bits per heavy atom.